The number of nitrogens with zero attached hydrogens (tertiary/aromatic N) is 3. The highest BCUT2D eigenvalue weighted by Gasteiger charge is 2.27. The number of benzene rings is 1. The number of anilines is 1. The Kier molecular flexibility index (Phi) is 5.58. The number of rotatable bonds is 5. The van der Waals surface area contributed by atoms with Gasteiger partial charge in [0.05, 0.1) is 17.1 Å². The zero-order valence-electron chi connectivity index (χ0n) is 16.0. The number of carbonyl (C=O) groups is 2. The summed E-state index contributed by atoms with van der Waals surface area (Å²) in [5.41, 5.74) is 0.949. The molecule has 11 heteroatoms. The van der Waals surface area contributed by atoms with Crippen LogP contribution < -0.4 is 5.32 Å². The predicted molar refractivity (Wildman–Crippen MR) is 110 cm³/mol. The molecule has 1 N–H and O–H groups in total. The second-order valence-corrected chi connectivity index (χ2v) is 7.76. The van der Waals surface area contributed by atoms with E-state index in [2.05, 4.69) is 10.4 Å². The Morgan fingerprint density at radius 1 is 1.38 bits per heavy atom. The second-order valence-electron chi connectivity index (χ2n) is 6.33. The first kappa shape index (κ1) is 20.7. The maximum absolute atomic E-state index is 12.7. The Balaban J connectivity index is 1.87. The number of aromatic nitrogens is 2. The number of methoxy groups -OCH3 is 1. The van der Waals surface area contributed by atoms with E-state index in [4.69, 9.17) is 16.3 Å². The number of halogens is 1. The molecule has 1 aromatic carbocycles. The summed E-state index contributed by atoms with van der Waals surface area (Å²) in [6.45, 7) is 4.68. The van der Waals surface area contributed by atoms with Crippen LogP contribution in [-0.4, -0.2) is 33.7 Å². The summed E-state index contributed by atoms with van der Waals surface area (Å²) in [5, 5.41) is 19.1. The van der Waals surface area contributed by atoms with Crippen molar-refractivity contribution in [3.05, 3.63) is 49.6 Å². The van der Waals surface area contributed by atoms with Crippen LogP contribution in [-0.2, 0) is 9.53 Å². The highest BCUT2D eigenvalue weighted by molar-refractivity contribution is 7.21. The SMILES string of the molecule is COC(=O)c1sc2cc(NC(=O)C(C)n3nc(C)c([N+](=O)[O-])c3C)ccc2c1Cl. The van der Waals surface area contributed by atoms with Crippen molar-refractivity contribution in [1.29, 1.82) is 0 Å². The number of nitro groups is 1. The third kappa shape index (κ3) is 3.68. The molecule has 1 atom stereocenters. The number of aryl methyl sites for hydroxylation is 1. The van der Waals surface area contributed by atoms with Crippen molar-refractivity contribution in [2.24, 2.45) is 0 Å². The second kappa shape index (κ2) is 7.80. The first-order chi connectivity index (χ1) is 13.6. The molecule has 0 aliphatic rings. The summed E-state index contributed by atoms with van der Waals surface area (Å²) in [6.07, 6.45) is 0. The summed E-state index contributed by atoms with van der Waals surface area (Å²) in [5.74, 6) is -0.915. The van der Waals surface area contributed by atoms with Gasteiger partial charge in [0.25, 0.3) is 0 Å². The molecule has 2 heterocycles. The van der Waals surface area contributed by atoms with Crippen LogP contribution in [0, 0.1) is 24.0 Å². The average molecular weight is 437 g/mol. The summed E-state index contributed by atoms with van der Waals surface area (Å²) in [4.78, 5) is 35.4. The van der Waals surface area contributed by atoms with Gasteiger partial charge in [-0.15, -0.1) is 11.3 Å². The van der Waals surface area contributed by atoms with Crippen molar-refractivity contribution in [1.82, 2.24) is 9.78 Å². The van der Waals surface area contributed by atoms with Gasteiger partial charge in [-0.3, -0.25) is 19.6 Å². The fourth-order valence-electron chi connectivity index (χ4n) is 3.02. The number of nitrogens with one attached hydrogen (secondary N) is 1. The molecule has 1 amide bonds. The van der Waals surface area contributed by atoms with Gasteiger partial charge in [-0.1, -0.05) is 11.6 Å². The van der Waals surface area contributed by atoms with Crippen molar-refractivity contribution >= 4 is 56.3 Å². The minimum atomic E-state index is -0.768. The predicted octanol–water partition coefficient (Wildman–Crippen LogP) is 4.26. The lowest BCUT2D eigenvalue weighted by Gasteiger charge is -2.14. The Hall–Kier alpha value is -2.98. The zero-order valence-corrected chi connectivity index (χ0v) is 17.6. The number of hydrogen-bond donors (Lipinski definition) is 1. The van der Waals surface area contributed by atoms with E-state index in [1.807, 2.05) is 0 Å². The van der Waals surface area contributed by atoms with Gasteiger partial charge in [-0.2, -0.15) is 5.10 Å². The highest BCUT2D eigenvalue weighted by Crippen LogP contribution is 2.37. The number of ether oxygens (including phenoxy) is 1. The minimum Gasteiger partial charge on any atom is -0.465 e. The Morgan fingerprint density at radius 3 is 2.66 bits per heavy atom. The largest absolute Gasteiger partial charge is 0.465 e. The van der Waals surface area contributed by atoms with Gasteiger partial charge in [-0.05, 0) is 39.0 Å². The smallest absolute Gasteiger partial charge is 0.349 e. The van der Waals surface area contributed by atoms with Gasteiger partial charge in [0.15, 0.2) is 0 Å². The van der Waals surface area contributed by atoms with E-state index in [-0.39, 0.29) is 22.2 Å². The van der Waals surface area contributed by atoms with E-state index in [1.54, 1.807) is 32.0 Å². The average Bonchev–Trinajstić information content (AvgIpc) is 3.16. The molecule has 0 aliphatic carbocycles. The Morgan fingerprint density at radius 2 is 2.07 bits per heavy atom. The van der Waals surface area contributed by atoms with Crippen LogP contribution in [0.2, 0.25) is 5.02 Å². The van der Waals surface area contributed by atoms with Gasteiger partial charge in [-0.25, -0.2) is 4.79 Å². The molecule has 0 fully saturated rings. The van der Waals surface area contributed by atoms with Crippen LogP contribution in [0.4, 0.5) is 11.4 Å². The molecule has 9 nitrogen and oxygen atoms in total. The molecule has 1 unspecified atom stereocenters. The molecule has 0 spiro atoms. The molecular weight excluding hydrogens is 420 g/mol. The van der Waals surface area contributed by atoms with E-state index in [1.165, 1.54) is 18.7 Å². The molecule has 3 aromatic rings. The van der Waals surface area contributed by atoms with E-state index in [0.717, 1.165) is 11.3 Å². The first-order valence-electron chi connectivity index (χ1n) is 8.47. The number of amides is 1. The highest BCUT2D eigenvalue weighted by atomic mass is 35.5. The van der Waals surface area contributed by atoms with Crippen molar-refractivity contribution < 1.29 is 19.2 Å². The Labute approximate surface area is 174 Å². The molecular formula is C18H17ClN4O5S. The third-order valence-electron chi connectivity index (χ3n) is 4.48. The van der Waals surface area contributed by atoms with Crippen molar-refractivity contribution in [3.63, 3.8) is 0 Å². The number of hydrogen-bond acceptors (Lipinski definition) is 7. The monoisotopic (exact) mass is 436 g/mol. The zero-order chi connectivity index (χ0) is 21.5. The van der Waals surface area contributed by atoms with Crippen LogP contribution >= 0.6 is 22.9 Å². The summed E-state index contributed by atoms with van der Waals surface area (Å²) < 4.78 is 6.76. The lowest BCUT2D eigenvalue weighted by molar-refractivity contribution is -0.386. The molecule has 0 aliphatic heterocycles. The normalized spacial score (nSPS) is 12.0. The standard InChI is InChI=1S/C18H17ClN4O5S/c1-8-15(23(26)27)9(2)22(21-8)10(3)17(24)20-11-5-6-12-13(7-11)29-16(14(12)19)18(25)28-4/h5-7,10H,1-4H3,(H,20,24). The Bertz CT molecular complexity index is 1150. The maximum atomic E-state index is 12.7. The van der Waals surface area contributed by atoms with Crippen LogP contribution in [0.3, 0.4) is 0 Å². The number of esters is 1. The minimum absolute atomic E-state index is 0.102. The van der Waals surface area contributed by atoms with Gasteiger partial charge in [0.1, 0.15) is 22.3 Å². The number of carbonyl (C=O) groups excluding carboxylic acids is 2. The molecule has 0 saturated carbocycles. The molecule has 0 radical (unpaired) electrons. The lowest BCUT2D eigenvalue weighted by atomic mass is 10.2. The number of thiophene rings is 1. The summed E-state index contributed by atoms with van der Waals surface area (Å²) in [6, 6.07) is 4.30. The fraction of sp³-hybridized carbons (Fsp3) is 0.278. The summed E-state index contributed by atoms with van der Waals surface area (Å²) in [7, 11) is 1.28. The third-order valence-corrected chi connectivity index (χ3v) is 6.12. The molecule has 0 saturated heterocycles. The number of fused-ring (bicyclic) bond motifs is 1. The van der Waals surface area contributed by atoms with E-state index in [0.29, 0.717) is 26.5 Å². The lowest BCUT2D eigenvalue weighted by Crippen LogP contribution is -2.25. The van der Waals surface area contributed by atoms with Gasteiger partial charge in [0.2, 0.25) is 5.91 Å². The first-order valence-corrected chi connectivity index (χ1v) is 9.66. The van der Waals surface area contributed by atoms with E-state index < -0.39 is 16.9 Å². The van der Waals surface area contributed by atoms with Gasteiger partial charge in [0, 0.05) is 15.8 Å². The van der Waals surface area contributed by atoms with E-state index in [9.17, 15) is 19.7 Å². The van der Waals surface area contributed by atoms with Crippen molar-refractivity contribution in [2.45, 2.75) is 26.8 Å². The van der Waals surface area contributed by atoms with E-state index >= 15 is 0 Å². The maximum Gasteiger partial charge on any atom is 0.349 e. The van der Waals surface area contributed by atoms with Crippen molar-refractivity contribution in [3.8, 4) is 0 Å². The fourth-order valence-corrected chi connectivity index (χ4v) is 4.49. The van der Waals surface area contributed by atoms with Crippen molar-refractivity contribution in [2.75, 3.05) is 12.4 Å². The molecule has 2 aromatic heterocycles. The molecule has 3 rings (SSSR count). The van der Waals surface area contributed by atoms with Crippen LogP contribution in [0.5, 0.6) is 0 Å². The van der Waals surface area contributed by atoms with Crippen LogP contribution in [0.25, 0.3) is 10.1 Å². The molecule has 0 bridgehead atoms. The topological polar surface area (TPSA) is 116 Å². The van der Waals surface area contributed by atoms with Crippen LogP contribution in [0.15, 0.2) is 18.2 Å². The summed E-state index contributed by atoms with van der Waals surface area (Å²) >= 11 is 7.40. The molecule has 152 valence electrons. The quantitative estimate of drug-likeness (QED) is 0.363. The molecule has 29 heavy (non-hydrogen) atoms. The van der Waals surface area contributed by atoms with Crippen LogP contribution in [0.1, 0.15) is 34.0 Å². The van der Waals surface area contributed by atoms with Gasteiger partial charge < -0.3 is 10.1 Å². The van der Waals surface area contributed by atoms with Gasteiger partial charge >= 0.3 is 11.7 Å².